The van der Waals surface area contributed by atoms with Crippen molar-refractivity contribution in [1.29, 1.82) is 0 Å². The van der Waals surface area contributed by atoms with Gasteiger partial charge in [-0.3, -0.25) is 0 Å². The van der Waals surface area contributed by atoms with E-state index in [9.17, 15) is 8.78 Å². The molecule has 3 rings (SSSR count). The second-order valence-electron chi connectivity index (χ2n) is 5.24. The summed E-state index contributed by atoms with van der Waals surface area (Å²) in [7, 11) is 0. The van der Waals surface area contributed by atoms with Crippen LogP contribution in [0.25, 0.3) is 0 Å². The van der Waals surface area contributed by atoms with E-state index in [1.807, 2.05) is 6.07 Å². The van der Waals surface area contributed by atoms with Gasteiger partial charge in [-0.05, 0) is 36.1 Å². The molecule has 2 nitrogen and oxygen atoms in total. The van der Waals surface area contributed by atoms with Crippen molar-refractivity contribution in [1.82, 2.24) is 0 Å². The van der Waals surface area contributed by atoms with Crippen molar-refractivity contribution in [3.8, 4) is 5.75 Å². The smallest absolute Gasteiger partial charge is 0.387 e. The van der Waals surface area contributed by atoms with Crippen molar-refractivity contribution >= 4 is 5.69 Å². The first-order valence-corrected chi connectivity index (χ1v) is 6.55. The summed E-state index contributed by atoms with van der Waals surface area (Å²) in [5, 5.41) is 3.34. The molecule has 1 atom stereocenters. The number of rotatable bonds is 4. The van der Waals surface area contributed by atoms with Gasteiger partial charge in [0.15, 0.2) is 0 Å². The molecule has 2 aliphatic rings. The third-order valence-electron chi connectivity index (χ3n) is 4.07. The highest BCUT2D eigenvalue weighted by Gasteiger charge is 2.28. The molecule has 1 aromatic carbocycles. The summed E-state index contributed by atoms with van der Waals surface area (Å²) in [5.74, 6) is 1.54. The molecule has 0 radical (unpaired) electrons. The van der Waals surface area contributed by atoms with Gasteiger partial charge >= 0.3 is 6.61 Å². The van der Waals surface area contributed by atoms with Crippen LogP contribution in [-0.2, 0) is 0 Å². The summed E-state index contributed by atoms with van der Waals surface area (Å²) in [5.41, 5.74) is 2.21. The Balaban J connectivity index is 1.75. The highest BCUT2D eigenvalue weighted by atomic mass is 19.3. The van der Waals surface area contributed by atoms with Crippen LogP contribution >= 0.6 is 0 Å². The van der Waals surface area contributed by atoms with E-state index < -0.39 is 6.61 Å². The Hall–Kier alpha value is -1.32. The number of anilines is 1. The number of nitrogens with one attached hydrogen (secondary N) is 1. The van der Waals surface area contributed by atoms with Crippen LogP contribution in [0.15, 0.2) is 18.2 Å². The Labute approximate surface area is 105 Å². The lowest BCUT2D eigenvalue weighted by Gasteiger charge is -2.28. The van der Waals surface area contributed by atoms with Gasteiger partial charge in [0.05, 0.1) is 0 Å². The molecule has 0 amide bonds. The first kappa shape index (κ1) is 11.8. The van der Waals surface area contributed by atoms with E-state index in [0.717, 1.165) is 30.1 Å². The highest BCUT2D eigenvalue weighted by molar-refractivity contribution is 5.60. The first-order chi connectivity index (χ1) is 8.72. The van der Waals surface area contributed by atoms with Crippen LogP contribution in [0.4, 0.5) is 14.5 Å². The van der Waals surface area contributed by atoms with Gasteiger partial charge < -0.3 is 10.1 Å². The predicted molar refractivity (Wildman–Crippen MR) is 66.3 cm³/mol. The van der Waals surface area contributed by atoms with E-state index in [2.05, 4.69) is 10.1 Å². The molecule has 1 saturated carbocycles. The van der Waals surface area contributed by atoms with E-state index in [0.29, 0.717) is 5.92 Å². The van der Waals surface area contributed by atoms with Gasteiger partial charge in [-0.15, -0.1) is 0 Å². The maximum Gasteiger partial charge on any atom is 0.387 e. The van der Waals surface area contributed by atoms with E-state index >= 15 is 0 Å². The third-order valence-corrected chi connectivity index (χ3v) is 4.07. The molecule has 0 bridgehead atoms. The second kappa shape index (κ2) is 4.75. The normalized spacial score (nSPS) is 22.5. The maximum absolute atomic E-state index is 12.2. The number of benzene rings is 1. The summed E-state index contributed by atoms with van der Waals surface area (Å²) in [6.07, 6.45) is 5.14. The number of alkyl halides is 2. The fourth-order valence-corrected chi connectivity index (χ4v) is 2.90. The van der Waals surface area contributed by atoms with Gasteiger partial charge in [0, 0.05) is 18.2 Å². The van der Waals surface area contributed by atoms with Crippen molar-refractivity contribution in [2.24, 2.45) is 5.92 Å². The number of hydrogen-bond donors (Lipinski definition) is 1. The van der Waals surface area contributed by atoms with Crippen LogP contribution < -0.4 is 10.1 Å². The summed E-state index contributed by atoms with van der Waals surface area (Å²) >= 11 is 0. The molecular weight excluding hydrogens is 236 g/mol. The molecule has 1 fully saturated rings. The average molecular weight is 253 g/mol. The fourth-order valence-electron chi connectivity index (χ4n) is 2.90. The van der Waals surface area contributed by atoms with Crippen LogP contribution in [-0.4, -0.2) is 13.2 Å². The fraction of sp³-hybridized carbons (Fsp3) is 0.571. The molecule has 1 N–H and O–H groups in total. The summed E-state index contributed by atoms with van der Waals surface area (Å²) in [6, 6.07) is 5.21. The van der Waals surface area contributed by atoms with Gasteiger partial charge in [0.1, 0.15) is 5.75 Å². The van der Waals surface area contributed by atoms with Crippen LogP contribution in [0, 0.1) is 5.92 Å². The molecule has 98 valence electrons. The summed E-state index contributed by atoms with van der Waals surface area (Å²) in [4.78, 5) is 0. The average Bonchev–Trinajstić information content (AvgIpc) is 2.65. The van der Waals surface area contributed by atoms with Gasteiger partial charge in [-0.25, -0.2) is 0 Å². The van der Waals surface area contributed by atoms with Crippen LogP contribution in [0.5, 0.6) is 5.75 Å². The largest absolute Gasteiger partial charge is 0.435 e. The van der Waals surface area contributed by atoms with Gasteiger partial charge in [-0.1, -0.05) is 19.3 Å². The van der Waals surface area contributed by atoms with Crippen molar-refractivity contribution in [3.63, 3.8) is 0 Å². The van der Waals surface area contributed by atoms with E-state index in [1.54, 1.807) is 12.1 Å². The van der Waals surface area contributed by atoms with Gasteiger partial charge in [-0.2, -0.15) is 8.78 Å². The molecule has 0 spiro atoms. The quantitative estimate of drug-likeness (QED) is 0.876. The van der Waals surface area contributed by atoms with E-state index in [1.165, 1.54) is 19.3 Å². The number of ether oxygens (including phenoxy) is 1. The zero-order valence-electron chi connectivity index (χ0n) is 10.2. The Morgan fingerprint density at radius 3 is 2.83 bits per heavy atom. The Kier molecular flexibility index (Phi) is 3.10. The molecule has 0 saturated heterocycles. The maximum atomic E-state index is 12.2. The second-order valence-corrected chi connectivity index (χ2v) is 5.24. The molecule has 18 heavy (non-hydrogen) atoms. The molecule has 1 heterocycles. The van der Waals surface area contributed by atoms with Crippen molar-refractivity contribution in [3.05, 3.63) is 23.8 Å². The van der Waals surface area contributed by atoms with E-state index in [4.69, 9.17) is 0 Å². The molecular formula is C14H17F2NO. The lowest BCUT2D eigenvalue weighted by atomic mass is 9.78. The van der Waals surface area contributed by atoms with Crippen LogP contribution in [0.2, 0.25) is 0 Å². The minimum Gasteiger partial charge on any atom is -0.435 e. The number of halogens is 2. The minimum absolute atomic E-state index is 0.269. The summed E-state index contributed by atoms with van der Waals surface area (Å²) in [6.45, 7) is -1.83. The predicted octanol–water partition coefficient (Wildman–Crippen LogP) is 3.99. The molecule has 0 aromatic heterocycles. The zero-order valence-corrected chi connectivity index (χ0v) is 10.2. The molecule has 1 aliphatic carbocycles. The first-order valence-electron chi connectivity index (χ1n) is 6.55. The lowest BCUT2D eigenvalue weighted by Crippen LogP contribution is -2.16. The van der Waals surface area contributed by atoms with E-state index in [-0.39, 0.29) is 5.75 Å². The minimum atomic E-state index is -2.75. The monoisotopic (exact) mass is 253 g/mol. The topological polar surface area (TPSA) is 21.3 Å². The highest BCUT2D eigenvalue weighted by Crippen LogP contribution is 2.42. The van der Waals surface area contributed by atoms with Crippen LogP contribution in [0.3, 0.4) is 0 Å². The van der Waals surface area contributed by atoms with Crippen molar-refractivity contribution < 1.29 is 13.5 Å². The molecule has 1 aromatic rings. The van der Waals surface area contributed by atoms with Gasteiger partial charge in [0.25, 0.3) is 0 Å². The Bertz CT molecular complexity index is 432. The Morgan fingerprint density at radius 1 is 1.33 bits per heavy atom. The van der Waals surface area contributed by atoms with Crippen LogP contribution in [0.1, 0.15) is 37.2 Å². The van der Waals surface area contributed by atoms with Crippen molar-refractivity contribution in [2.75, 3.05) is 11.9 Å². The SMILES string of the molecule is FC(F)Oc1ccc2c(c1)C(CC1CCC1)CN2. The number of hydrogen-bond acceptors (Lipinski definition) is 2. The summed E-state index contributed by atoms with van der Waals surface area (Å²) < 4.78 is 28.9. The Morgan fingerprint density at radius 2 is 2.17 bits per heavy atom. The molecule has 1 aliphatic heterocycles. The molecule has 4 heteroatoms. The standard InChI is InChI=1S/C14H17F2NO/c15-14(16)18-11-4-5-13-12(7-11)10(8-17-13)6-9-2-1-3-9/h4-5,7,9-10,14,17H,1-3,6,8H2. The third kappa shape index (κ3) is 2.28. The zero-order chi connectivity index (χ0) is 12.5. The van der Waals surface area contributed by atoms with Gasteiger partial charge in [0.2, 0.25) is 0 Å². The number of fused-ring (bicyclic) bond motifs is 1. The van der Waals surface area contributed by atoms with Crippen molar-refractivity contribution in [2.45, 2.75) is 38.2 Å². The molecule has 1 unspecified atom stereocenters. The lowest BCUT2D eigenvalue weighted by molar-refractivity contribution is -0.0498.